The van der Waals surface area contributed by atoms with Gasteiger partial charge >= 0.3 is 0 Å². The smallest absolute Gasteiger partial charge is 0.229 e. The summed E-state index contributed by atoms with van der Waals surface area (Å²) < 4.78 is 0. The molecule has 29 heavy (non-hydrogen) atoms. The van der Waals surface area contributed by atoms with Crippen LogP contribution in [-0.4, -0.2) is 30.7 Å². The number of hydrogen-bond acceptors (Lipinski definition) is 6. The van der Waals surface area contributed by atoms with Gasteiger partial charge in [0.15, 0.2) is 0 Å². The van der Waals surface area contributed by atoms with E-state index in [9.17, 15) is 4.79 Å². The number of carbonyl (C=O) groups is 1. The predicted molar refractivity (Wildman–Crippen MR) is 112 cm³/mol. The highest BCUT2D eigenvalue weighted by atomic mass is 32.1. The molecule has 0 saturated carbocycles. The van der Waals surface area contributed by atoms with Crippen molar-refractivity contribution in [3.8, 4) is 10.6 Å². The molecule has 0 aliphatic carbocycles. The molecule has 0 aliphatic rings. The molecule has 7 heteroatoms. The van der Waals surface area contributed by atoms with E-state index in [-0.39, 0.29) is 12.3 Å². The molecule has 0 aliphatic heterocycles. The molecule has 0 radical (unpaired) electrons. The third-order valence-electron chi connectivity index (χ3n) is 4.36. The maximum atomic E-state index is 13.1. The Balaban J connectivity index is 1.51. The average molecular weight is 401 g/mol. The minimum absolute atomic E-state index is 0.0219. The van der Waals surface area contributed by atoms with E-state index in [0.717, 1.165) is 27.4 Å². The number of hydrogen-bond donors (Lipinski definition) is 0. The standard InChI is InChI=1S/C22H19N5OS/c28-21(11-20-16-29-22(26-20)19-4-2-8-25-13-19)27(14-17-5-9-23-10-6-17)15-18-3-1-7-24-12-18/h1-10,12-13,16H,11,14-15H2. The van der Waals surface area contributed by atoms with Crippen LogP contribution >= 0.6 is 11.3 Å². The fraction of sp³-hybridized carbons (Fsp3) is 0.136. The van der Waals surface area contributed by atoms with Gasteiger partial charge in [-0.25, -0.2) is 4.98 Å². The molecule has 6 nitrogen and oxygen atoms in total. The van der Waals surface area contributed by atoms with Gasteiger partial charge in [-0.05, 0) is 41.5 Å². The maximum Gasteiger partial charge on any atom is 0.229 e. The zero-order valence-electron chi connectivity index (χ0n) is 15.7. The molecule has 1 amide bonds. The molecule has 4 heterocycles. The SMILES string of the molecule is O=C(Cc1csc(-c2cccnc2)n1)N(Cc1ccncc1)Cc1cccnc1. The molecule has 0 aromatic carbocycles. The van der Waals surface area contributed by atoms with Gasteiger partial charge < -0.3 is 4.90 Å². The van der Waals surface area contributed by atoms with Crippen LogP contribution in [0.15, 0.2) is 79.0 Å². The Morgan fingerprint density at radius 3 is 2.34 bits per heavy atom. The van der Waals surface area contributed by atoms with E-state index in [1.54, 1.807) is 37.2 Å². The Hall–Kier alpha value is -3.45. The third-order valence-corrected chi connectivity index (χ3v) is 5.30. The van der Waals surface area contributed by atoms with Gasteiger partial charge in [-0.1, -0.05) is 6.07 Å². The van der Waals surface area contributed by atoms with Gasteiger partial charge in [0, 0.05) is 61.2 Å². The Morgan fingerprint density at radius 2 is 1.62 bits per heavy atom. The van der Waals surface area contributed by atoms with Crippen LogP contribution in [0.4, 0.5) is 0 Å². The van der Waals surface area contributed by atoms with Crippen molar-refractivity contribution in [2.45, 2.75) is 19.5 Å². The Morgan fingerprint density at radius 1 is 0.862 bits per heavy atom. The zero-order valence-corrected chi connectivity index (χ0v) is 16.5. The van der Waals surface area contributed by atoms with E-state index in [0.29, 0.717) is 13.1 Å². The van der Waals surface area contributed by atoms with Gasteiger partial charge in [-0.3, -0.25) is 19.7 Å². The lowest BCUT2D eigenvalue weighted by molar-refractivity contribution is -0.131. The van der Waals surface area contributed by atoms with Gasteiger partial charge in [0.05, 0.1) is 12.1 Å². The number of pyridine rings is 3. The second-order valence-electron chi connectivity index (χ2n) is 6.53. The molecular weight excluding hydrogens is 382 g/mol. The molecule has 4 rings (SSSR count). The lowest BCUT2D eigenvalue weighted by atomic mass is 10.2. The summed E-state index contributed by atoms with van der Waals surface area (Å²) in [5.41, 5.74) is 3.75. The van der Waals surface area contributed by atoms with Crippen LogP contribution in [0, 0.1) is 0 Å². The molecule has 0 fully saturated rings. The first-order valence-electron chi connectivity index (χ1n) is 9.18. The van der Waals surface area contributed by atoms with Crippen LogP contribution in [-0.2, 0) is 24.3 Å². The summed E-state index contributed by atoms with van der Waals surface area (Å²) in [7, 11) is 0. The monoisotopic (exact) mass is 401 g/mol. The van der Waals surface area contributed by atoms with Crippen molar-refractivity contribution in [2.75, 3.05) is 0 Å². The van der Waals surface area contributed by atoms with Gasteiger partial charge in [0.2, 0.25) is 5.91 Å². The van der Waals surface area contributed by atoms with Gasteiger partial charge in [0.25, 0.3) is 0 Å². The summed E-state index contributed by atoms with van der Waals surface area (Å²) in [5.74, 6) is 0.0219. The highest BCUT2D eigenvalue weighted by molar-refractivity contribution is 7.13. The van der Waals surface area contributed by atoms with E-state index in [2.05, 4.69) is 19.9 Å². The Labute approximate surface area is 173 Å². The first-order valence-corrected chi connectivity index (χ1v) is 10.1. The second kappa shape index (κ2) is 9.16. The van der Waals surface area contributed by atoms with Gasteiger partial charge in [0.1, 0.15) is 5.01 Å². The lowest BCUT2D eigenvalue weighted by Gasteiger charge is -2.22. The normalized spacial score (nSPS) is 10.6. The van der Waals surface area contributed by atoms with Crippen LogP contribution in [0.5, 0.6) is 0 Å². The van der Waals surface area contributed by atoms with Crippen LogP contribution in [0.1, 0.15) is 16.8 Å². The molecule has 0 unspecified atom stereocenters. The van der Waals surface area contributed by atoms with Crippen molar-refractivity contribution in [3.63, 3.8) is 0 Å². The summed E-state index contributed by atoms with van der Waals surface area (Å²) >= 11 is 1.52. The molecule has 0 N–H and O–H groups in total. The molecule has 4 aromatic heterocycles. The molecular formula is C22H19N5OS. The van der Waals surface area contributed by atoms with Crippen LogP contribution in [0.2, 0.25) is 0 Å². The predicted octanol–water partition coefficient (Wildman–Crippen LogP) is 3.77. The zero-order chi connectivity index (χ0) is 19.9. The quantitative estimate of drug-likeness (QED) is 0.471. The topological polar surface area (TPSA) is 71.9 Å². The second-order valence-corrected chi connectivity index (χ2v) is 7.39. The van der Waals surface area contributed by atoms with Crippen LogP contribution < -0.4 is 0 Å². The lowest BCUT2D eigenvalue weighted by Crippen LogP contribution is -2.31. The van der Waals surface area contributed by atoms with Crippen molar-refractivity contribution in [1.82, 2.24) is 24.8 Å². The van der Waals surface area contributed by atoms with Crippen molar-refractivity contribution < 1.29 is 4.79 Å². The summed E-state index contributed by atoms with van der Waals surface area (Å²) in [6.07, 6.45) is 10.8. The number of rotatable bonds is 7. The minimum Gasteiger partial charge on any atom is -0.334 e. The number of thiazole rings is 1. The molecule has 0 spiro atoms. The first-order chi connectivity index (χ1) is 14.3. The van der Waals surface area contributed by atoms with Crippen molar-refractivity contribution >= 4 is 17.2 Å². The van der Waals surface area contributed by atoms with Crippen LogP contribution in [0.3, 0.4) is 0 Å². The number of carbonyl (C=O) groups excluding carboxylic acids is 1. The number of amides is 1. The highest BCUT2D eigenvalue weighted by Gasteiger charge is 2.17. The Kier molecular flexibility index (Phi) is 5.97. The molecule has 4 aromatic rings. The summed E-state index contributed by atoms with van der Waals surface area (Å²) in [6.45, 7) is 1.00. The minimum atomic E-state index is 0.0219. The van der Waals surface area contributed by atoms with Gasteiger partial charge in [-0.2, -0.15) is 0 Å². The van der Waals surface area contributed by atoms with Crippen molar-refractivity contribution in [2.24, 2.45) is 0 Å². The van der Waals surface area contributed by atoms with Gasteiger partial charge in [-0.15, -0.1) is 11.3 Å². The van der Waals surface area contributed by atoms with E-state index < -0.39 is 0 Å². The molecule has 0 saturated heterocycles. The molecule has 144 valence electrons. The summed E-state index contributed by atoms with van der Waals surface area (Å²) in [4.78, 5) is 31.9. The van der Waals surface area contributed by atoms with E-state index >= 15 is 0 Å². The maximum absolute atomic E-state index is 13.1. The highest BCUT2D eigenvalue weighted by Crippen LogP contribution is 2.23. The van der Waals surface area contributed by atoms with Crippen molar-refractivity contribution in [1.29, 1.82) is 0 Å². The molecule has 0 atom stereocenters. The number of nitrogens with zero attached hydrogens (tertiary/aromatic N) is 5. The Bertz CT molecular complexity index is 1010. The summed E-state index contributed by atoms with van der Waals surface area (Å²) in [6, 6.07) is 11.6. The van der Waals surface area contributed by atoms with E-state index in [1.165, 1.54) is 11.3 Å². The first kappa shape index (κ1) is 18.9. The third kappa shape index (κ3) is 5.08. The fourth-order valence-corrected chi connectivity index (χ4v) is 3.74. The van der Waals surface area contributed by atoms with Crippen LogP contribution in [0.25, 0.3) is 10.6 Å². The fourth-order valence-electron chi connectivity index (χ4n) is 2.93. The average Bonchev–Trinajstić information content (AvgIpc) is 3.24. The molecule has 0 bridgehead atoms. The van der Waals surface area contributed by atoms with Crippen molar-refractivity contribution in [3.05, 3.63) is 95.8 Å². The largest absolute Gasteiger partial charge is 0.334 e. The number of aromatic nitrogens is 4. The van der Waals surface area contributed by atoms with E-state index in [4.69, 9.17) is 0 Å². The van der Waals surface area contributed by atoms with E-state index in [1.807, 2.05) is 46.7 Å². The summed E-state index contributed by atoms with van der Waals surface area (Å²) in [5, 5.41) is 2.81.